The Hall–Kier alpha value is -0.570. The van der Waals surface area contributed by atoms with E-state index in [0.29, 0.717) is 19.5 Å². The molecule has 0 aromatic heterocycles. The first-order valence-electron chi connectivity index (χ1n) is 4.81. The van der Waals surface area contributed by atoms with E-state index in [1.54, 1.807) is 17.1 Å². The summed E-state index contributed by atoms with van der Waals surface area (Å²) in [5.74, 6) is 0.186. The van der Waals surface area contributed by atoms with Crippen molar-refractivity contribution in [3.8, 4) is 0 Å². The van der Waals surface area contributed by atoms with E-state index in [-0.39, 0.29) is 5.91 Å². The van der Waals surface area contributed by atoms with Gasteiger partial charge in [0.05, 0.1) is 0 Å². The number of halogens is 1. The number of hydrogen-bond acceptors (Lipinski definition) is 1. The highest BCUT2D eigenvalue weighted by Gasteiger charge is 2.09. The number of nitrogens with zero attached hydrogens (tertiary/aromatic N) is 1. The molecule has 0 N–H and O–H groups in total. The van der Waals surface area contributed by atoms with Crippen molar-refractivity contribution < 1.29 is 4.79 Å². The van der Waals surface area contributed by atoms with Crippen LogP contribution in [0.25, 0.3) is 0 Å². The predicted octanol–water partition coefficient (Wildman–Crippen LogP) is 2.75. The molecule has 0 atom stereocenters. The van der Waals surface area contributed by atoms with Gasteiger partial charge in [-0.1, -0.05) is 28.1 Å². The Labute approximate surface area is 94.8 Å². The van der Waals surface area contributed by atoms with Crippen LogP contribution in [0.1, 0.15) is 19.3 Å². The molecule has 0 rings (SSSR count). The smallest absolute Gasteiger partial charge is 0.223 e. The van der Waals surface area contributed by atoms with Crippen LogP contribution in [-0.2, 0) is 4.79 Å². The zero-order valence-electron chi connectivity index (χ0n) is 8.54. The van der Waals surface area contributed by atoms with Crippen LogP contribution in [0.5, 0.6) is 0 Å². The highest BCUT2D eigenvalue weighted by Crippen LogP contribution is 2.03. The zero-order chi connectivity index (χ0) is 10.8. The van der Waals surface area contributed by atoms with Crippen molar-refractivity contribution >= 4 is 21.8 Å². The average Bonchev–Trinajstić information content (AvgIpc) is 2.18. The van der Waals surface area contributed by atoms with E-state index in [2.05, 4.69) is 29.1 Å². The van der Waals surface area contributed by atoms with Crippen LogP contribution in [-0.4, -0.2) is 29.2 Å². The van der Waals surface area contributed by atoms with Crippen LogP contribution in [0.15, 0.2) is 25.3 Å². The Morgan fingerprint density at radius 1 is 1.21 bits per heavy atom. The van der Waals surface area contributed by atoms with Gasteiger partial charge >= 0.3 is 0 Å². The Morgan fingerprint density at radius 2 is 1.79 bits per heavy atom. The van der Waals surface area contributed by atoms with Gasteiger partial charge in [-0.2, -0.15) is 0 Å². The molecule has 0 aliphatic heterocycles. The Morgan fingerprint density at radius 3 is 2.21 bits per heavy atom. The molecule has 0 aromatic rings. The molecule has 0 saturated carbocycles. The third kappa shape index (κ3) is 5.97. The highest BCUT2D eigenvalue weighted by molar-refractivity contribution is 9.09. The van der Waals surface area contributed by atoms with Crippen LogP contribution < -0.4 is 0 Å². The second-order valence-electron chi connectivity index (χ2n) is 3.02. The Bertz CT molecular complexity index is 182. The van der Waals surface area contributed by atoms with E-state index < -0.39 is 0 Å². The first-order valence-corrected chi connectivity index (χ1v) is 5.94. The summed E-state index contributed by atoms with van der Waals surface area (Å²) in [7, 11) is 0. The lowest BCUT2D eigenvalue weighted by Crippen LogP contribution is -2.31. The Balaban J connectivity index is 3.87. The molecule has 0 bridgehead atoms. The number of amides is 1. The van der Waals surface area contributed by atoms with Gasteiger partial charge in [0.1, 0.15) is 0 Å². The van der Waals surface area contributed by atoms with Crippen molar-refractivity contribution in [2.75, 3.05) is 18.4 Å². The quantitative estimate of drug-likeness (QED) is 0.373. The summed E-state index contributed by atoms with van der Waals surface area (Å²) in [5.41, 5.74) is 0. The maximum atomic E-state index is 11.6. The van der Waals surface area contributed by atoms with Crippen LogP contribution in [0, 0.1) is 0 Å². The van der Waals surface area contributed by atoms with Gasteiger partial charge in [0, 0.05) is 24.8 Å². The summed E-state index contributed by atoms with van der Waals surface area (Å²) in [5, 5.41) is 0.962. The predicted molar refractivity (Wildman–Crippen MR) is 64.6 cm³/mol. The molecule has 0 fully saturated rings. The fourth-order valence-electron chi connectivity index (χ4n) is 1.12. The summed E-state index contributed by atoms with van der Waals surface area (Å²) >= 11 is 3.34. The summed E-state index contributed by atoms with van der Waals surface area (Å²) < 4.78 is 0. The van der Waals surface area contributed by atoms with Crippen molar-refractivity contribution in [1.82, 2.24) is 4.90 Å². The molecule has 0 unspecified atom stereocenters. The van der Waals surface area contributed by atoms with Crippen molar-refractivity contribution in [2.45, 2.75) is 19.3 Å². The molecule has 0 aliphatic carbocycles. The van der Waals surface area contributed by atoms with Crippen molar-refractivity contribution in [2.24, 2.45) is 0 Å². The monoisotopic (exact) mass is 259 g/mol. The molecule has 1 amide bonds. The second kappa shape index (κ2) is 9.00. The molecule has 0 aliphatic rings. The topological polar surface area (TPSA) is 20.3 Å². The van der Waals surface area contributed by atoms with E-state index in [9.17, 15) is 4.79 Å². The van der Waals surface area contributed by atoms with Gasteiger partial charge in [0.25, 0.3) is 0 Å². The molecule has 0 heterocycles. The molecular formula is C11H18BrNO. The summed E-state index contributed by atoms with van der Waals surface area (Å²) in [6.45, 7) is 8.47. The number of carbonyl (C=O) groups is 1. The second-order valence-corrected chi connectivity index (χ2v) is 3.82. The minimum atomic E-state index is 0.186. The third-order valence-electron chi connectivity index (χ3n) is 1.83. The fourth-order valence-corrected chi connectivity index (χ4v) is 1.52. The van der Waals surface area contributed by atoms with E-state index in [1.165, 1.54) is 0 Å². The van der Waals surface area contributed by atoms with Crippen molar-refractivity contribution in [1.29, 1.82) is 0 Å². The van der Waals surface area contributed by atoms with E-state index in [4.69, 9.17) is 0 Å². The molecule has 14 heavy (non-hydrogen) atoms. The number of hydrogen-bond donors (Lipinski definition) is 0. The summed E-state index contributed by atoms with van der Waals surface area (Å²) in [4.78, 5) is 13.4. The van der Waals surface area contributed by atoms with Gasteiger partial charge < -0.3 is 4.90 Å². The lowest BCUT2D eigenvalue weighted by Gasteiger charge is -2.18. The first-order chi connectivity index (χ1) is 6.76. The number of unbranched alkanes of at least 4 members (excludes halogenated alkanes) is 1. The molecule has 0 aromatic carbocycles. The molecular weight excluding hydrogens is 242 g/mol. The zero-order valence-corrected chi connectivity index (χ0v) is 10.1. The van der Waals surface area contributed by atoms with Gasteiger partial charge in [-0.15, -0.1) is 13.2 Å². The molecule has 80 valence electrons. The molecule has 0 spiro atoms. The number of rotatable bonds is 8. The number of alkyl halides is 1. The number of carbonyl (C=O) groups excluding carboxylic acids is 1. The lowest BCUT2D eigenvalue weighted by molar-refractivity contribution is -0.130. The van der Waals surface area contributed by atoms with Crippen LogP contribution in [0.3, 0.4) is 0 Å². The van der Waals surface area contributed by atoms with E-state index >= 15 is 0 Å². The van der Waals surface area contributed by atoms with Crippen molar-refractivity contribution in [3.05, 3.63) is 25.3 Å². The largest absolute Gasteiger partial charge is 0.335 e. The summed E-state index contributed by atoms with van der Waals surface area (Å²) in [6, 6.07) is 0. The maximum Gasteiger partial charge on any atom is 0.223 e. The highest BCUT2D eigenvalue weighted by atomic mass is 79.9. The third-order valence-corrected chi connectivity index (χ3v) is 2.39. The van der Waals surface area contributed by atoms with E-state index in [1.807, 2.05) is 0 Å². The molecule has 2 nitrogen and oxygen atoms in total. The molecule has 3 heteroatoms. The Kier molecular flexibility index (Phi) is 8.64. The molecule has 0 saturated heterocycles. The minimum absolute atomic E-state index is 0.186. The maximum absolute atomic E-state index is 11.6. The lowest BCUT2D eigenvalue weighted by atomic mass is 10.2. The van der Waals surface area contributed by atoms with Crippen LogP contribution in [0.4, 0.5) is 0 Å². The van der Waals surface area contributed by atoms with E-state index in [0.717, 1.165) is 18.2 Å². The average molecular weight is 260 g/mol. The SMILES string of the molecule is C=CCN(CC=C)C(=O)CCCCBr. The summed E-state index contributed by atoms with van der Waals surface area (Å²) in [6.07, 6.45) is 6.09. The first kappa shape index (κ1) is 13.4. The van der Waals surface area contributed by atoms with Crippen molar-refractivity contribution in [3.63, 3.8) is 0 Å². The van der Waals surface area contributed by atoms with Gasteiger partial charge in [-0.25, -0.2) is 0 Å². The van der Waals surface area contributed by atoms with Gasteiger partial charge in [-0.05, 0) is 12.8 Å². The minimum Gasteiger partial charge on any atom is -0.335 e. The van der Waals surface area contributed by atoms with Crippen LogP contribution in [0.2, 0.25) is 0 Å². The van der Waals surface area contributed by atoms with Crippen LogP contribution >= 0.6 is 15.9 Å². The van der Waals surface area contributed by atoms with Gasteiger partial charge in [0.2, 0.25) is 5.91 Å². The normalized spacial score (nSPS) is 9.50. The van der Waals surface area contributed by atoms with Gasteiger partial charge in [-0.3, -0.25) is 4.79 Å². The van der Waals surface area contributed by atoms with Gasteiger partial charge in [0.15, 0.2) is 0 Å². The standard InChI is InChI=1S/C11H18BrNO/c1-3-9-13(10-4-2)11(14)7-5-6-8-12/h3-4H,1-2,5-10H2. The fraction of sp³-hybridized carbons (Fsp3) is 0.545. The molecule has 0 radical (unpaired) electrons.